The molecule has 1 fully saturated rings. The van der Waals surface area contributed by atoms with E-state index >= 15 is 0 Å². The van der Waals surface area contributed by atoms with Crippen LogP contribution in [0.5, 0.6) is 0 Å². The number of fused-ring (bicyclic) bond motifs is 1. The molecular formula is C16H23N7O7. The highest BCUT2D eigenvalue weighted by Crippen LogP contribution is 2.32. The van der Waals surface area contributed by atoms with Gasteiger partial charge in [-0.3, -0.25) is 20.0 Å². The highest BCUT2D eigenvalue weighted by Gasteiger charge is 2.44. The van der Waals surface area contributed by atoms with Gasteiger partial charge in [0.2, 0.25) is 5.91 Å². The van der Waals surface area contributed by atoms with Gasteiger partial charge in [-0.05, 0) is 6.42 Å². The molecule has 2 aromatic heterocycles. The first-order valence-electron chi connectivity index (χ1n) is 9.22. The number of aliphatic hydroxyl groups excluding tert-OH is 3. The van der Waals surface area contributed by atoms with Crippen molar-refractivity contribution in [2.45, 2.75) is 50.3 Å². The summed E-state index contributed by atoms with van der Waals surface area (Å²) in [6, 6.07) is -1.84. The van der Waals surface area contributed by atoms with Gasteiger partial charge in [-0.2, -0.15) is 5.48 Å². The van der Waals surface area contributed by atoms with Crippen molar-refractivity contribution >= 4 is 28.9 Å². The van der Waals surface area contributed by atoms with Crippen molar-refractivity contribution in [1.82, 2.24) is 30.3 Å². The summed E-state index contributed by atoms with van der Waals surface area (Å²) in [6.45, 7) is 1.33. The zero-order valence-electron chi connectivity index (χ0n) is 16.0. The fourth-order valence-electron chi connectivity index (χ4n) is 3.12. The fourth-order valence-corrected chi connectivity index (χ4v) is 3.12. The molecule has 14 heteroatoms. The van der Waals surface area contributed by atoms with Gasteiger partial charge < -0.3 is 25.3 Å². The minimum absolute atomic E-state index is 0.0141. The maximum Gasteiger partial charge on any atom is 0.327 e. The topological polar surface area (TPSA) is 204 Å². The molecule has 1 unspecified atom stereocenters. The van der Waals surface area contributed by atoms with Crippen molar-refractivity contribution in [2.24, 2.45) is 0 Å². The van der Waals surface area contributed by atoms with Crippen molar-refractivity contribution in [3.63, 3.8) is 0 Å². The lowest BCUT2D eigenvalue weighted by atomic mass is 10.1. The summed E-state index contributed by atoms with van der Waals surface area (Å²) < 4.78 is 6.80. The van der Waals surface area contributed by atoms with Gasteiger partial charge in [0, 0.05) is 0 Å². The molecule has 3 heterocycles. The number of urea groups is 1. The average molecular weight is 425 g/mol. The van der Waals surface area contributed by atoms with Gasteiger partial charge >= 0.3 is 6.03 Å². The average Bonchev–Trinajstić information content (AvgIpc) is 3.28. The molecule has 3 rings (SSSR count). The number of rotatable bonds is 7. The molecule has 0 aliphatic carbocycles. The van der Waals surface area contributed by atoms with Crippen LogP contribution in [-0.4, -0.2) is 82.9 Å². The summed E-state index contributed by atoms with van der Waals surface area (Å²) in [4.78, 5) is 36.3. The molecule has 0 aromatic carbocycles. The molecule has 30 heavy (non-hydrogen) atoms. The minimum Gasteiger partial charge on any atom is -0.394 e. The number of carbonyl (C=O) groups excluding carboxylic acids is 2. The predicted octanol–water partition coefficient (Wildman–Crippen LogP) is -1.77. The largest absolute Gasteiger partial charge is 0.394 e. The zero-order chi connectivity index (χ0) is 21.8. The first-order chi connectivity index (χ1) is 14.4. The van der Waals surface area contributed by atoms with Crippen LogP contribution in [0.1, 0.15) is 26.0 Å². The van der Waals surface area contributed by atoms with Crippen molar-refractivity contribution in [3.8, 4) is 0 Å². The van der Waals surface area contributed by atoms with E-state index in [2.05, 4.69) is 25.6 Å². The molecule has 0 saturated carbocycles. The van der Waals surface area contributed by atoms with Crippen molar-refractivity contribution in [1.29, 1.82) is 0 Å². The van der Waals surface area contributed by atoms with Gasteiger partial charge in [-0.25, -0.2) is 19.7 Å². The summed E-state index contributed by atoms with van der Waals surface area (Å²) in [6.07, 6.45) is -1.34. The SMILES string of the molecule is CCCC(NO)C(=O)NC(=O)Nc1ncnc2c1ncn2[C@@H]1O[C@H](CO)[C@@H](O)[C@H]1O. The number of imidazole rings is 1. The highest BCUT2D eigenvalue weighted by molar-refractivity contribution is 6.04. The van der Waals surface area contributed by atoms with E-state index in [1.54, 1.807) is 0 Å². The van der Waals surface area contributed by atoms with Crippen LogP contribution < -0.4 is 16.1 Å². The summed E-state index contributed by atoms with van der Waals surface area (Å²) >= 11 is 0. The van der Waals surface area contributed by atoms with Crippen LogP contribution in [0.2, 0.25) is 0 Å². The number of hydroxylamine groups is 1. The molecule has 1 aliphatic rings. The Morgan fingerprint density at radius 1 is 1.27 bits per heavy atom. The van der Waals surface area contributed by atoms with Crippen molar-refractivity contribution < 1.29 is 34.9 Å². The maximum absolute atomic E-state index is 12.2. The van der Waals surface area contributed by atoms with E-state index in [1.165, 1.54) is 10.9 Å². The number of imide groups is 1. The molecule has 5 atom stereocenters. The lowest BCUT2D eigenvalue weighted by Crippen LogP contribution is -2.46. The molecule has 0 radical (unpaired) electrons. The fraction of sp³-hybridized carbons (Fsp3) is 0.562. The molecule has 1 saturated heterocycles. The Morgan fingerprint density at radius 2 is 2.03 bits per heavy atom. The van der Waals surface area contributed by atoms with Crippen LogP contribution >= 0.6 is 0 Å². The third-order valence-corrected chi connectivity index (χ3v) is 4.67. The number of hydrogen-bond acceptors (Lipinski definition) is 11. The zero-order valence-corrected chi connectivity index (χ0v) is 16.0. The van der Waals surface area contributed by atoms with Gasteiger partial charge in [0.25, 0.3) is 0 Å². The van der Waals surface area contributed by atoms with Gasteiger partial charge in [-0.1, -0.05) is 13.3 Å². The Labute approximate surface area is 169 Å². The second kappa shape index (κ2) is 9.38. The summed E-state index contributed by atoms with van der Waals surface area (Å²) in [5.41, 5.74) is 2.17. The first kappa shape index (κ1) is 21.9. The molecular weight excluding hydrogens is 402 g/mol. The van der Waals surface area contributed by atoms with Crippen LogP contribution in [0.3, 0.4) is 0 Å². The van der Waals surface area contributed by atoms with Crippen molar-refractivity contribution in [3.05, 3.63) is 12.7 Å². The van der Waals surface area contributed by atoms with E-state index in [9.17, 15) is 24.9 Å². The molecule has 164 valence electrons. The predicted molar refractivity (Wildman–Crippen MR) is 99.1 cm³/mol. The molecule has 0 spiro atoms. The molecule has 2 aromatic rings. The summed E-state index contributed by atoms with van der Waals surface area (Å²) in [5, 5.41) is 42.9. The van der Waals surface area contributed by atoms with E-state index < -0.39 is 49.1 Å². The number of hydrogen-bond donors (Lipinski definition) is 7. The normalized spacial score (nSPS) is 24.7. The van der Waals surface area contributed by atoms with E-state index in [4.69, 9.17) is 9.94 Å². The first-order valence-corrected chi connectivity index (χ1v) is 9.22. The number of anilines is 1. The van der Waals surface area contributed by atoms with Gasteiger partial charge in [0.1, 0.15) is 30.7 Å². The van der Waals surface area contributed by atoms with Crippen LogP contribution in [-0.2, 0) is 9.53 Å². The van der Waals surface area contributed by atoms with E-state index in [1.807, 2.05) is 12.4 Å². The number of ether oxygens (including phenoxy) is 1. The van der Waals surface area contributed by atoms with E-state index in [0.29, 0.717) is 12.8 Å². The standard InChI is InChI=1S/C16H23N7O7/c1-2-3-7(22-29)14(27)21-16(28)20-12-9-13(18-5-17-12)23(6-19-9)15-11(26)10(25)8(4-24)30-15/h5-8,10-11,15,22,24-26,29H,2-4H2,1H3,(H2,17,18,20,21,27,28)/t7?,8-,10-,11-,15-/m1/s1. The minimum atomic E-state index is -1.34. The Kier molecular flexibility index (Phi) is 6.86. The number of nitrogens with zero attached hydrogens (tertiary/aromatic N) is 4. The Balaban J connectivity index is 1.77. The lowest BCUT2D eigenvalue weighted by molar-refractivity contribution is -0.124. The number of aliphatic hydroxyl groups is 3. The van der Waals surface area contributed by atoms with Crippen molar-refractivity contribution in [2.75, 3.05) is 11.9 Å². The molecule has 3 amide bonds. The lowest BCUT2D eigenvalue weighted by Gasteiger charge is -2.16. The molecule has 7 N–H and O–H groups in total. The Bertz CT molecular complexity index is 907. The highest BCUT2D eigenvalue weighted by atomic mass is 16.6. The van der Waals surface area contributed by atoms with Crippen LogP contribution in [0.15, 0.2) is 12.7 Å². The maximum atomic E-state index is 12.2. The number of aromatic nitrogens is 4. The second-order valence-electron chi connectivity index (χ2n) is 6.69. The quantitative estimate of drug-likeness (QED) is 0.247. The molecule has 14 nitrogen and oxygen atoms in total. The number of amides is 3. The molecule has 1 aliphatic heterocycles. The number of nitrogens with one attached hydrogen (secondary N) is 3. The third-order valence-electron chi connectivity index (χ3n) is 4.67. The smallest absolute Gasteiger partial charge is 0.327 e. The number of carbonyl (C=O) groups is 2. The van der Waals surface area contributed by atoms with E-state index in [-0.39, 0.29) is 17.0 Å². The monoisotopic (exact) mass is 425 g/mol. The molecule has 0 bridgehead atoms. The van der Waals surface area contributed by atoms with E-state index in [0.717, 1.165) is 6.33 Å². The third kappa shape index (κ3) is 4.23. The Morgan fingerprint density at radius 3 is 2.67 bits per heavy atom. The summed E-state index contributed by atoms with van der Waals surface area (Å²) in [5.74, 6) is -0.737. The van der Waals surface area contributed by atoms with Crippen LogP contribution in [0.25, 0.3) is 11.2 Å². The second-order valence-corrected chi connectivity index (χ2v) is 6.69. The Hall–Kier alpha value is -2.75. The van der Waals surface area contributed by atoms with Crippen LogP contribution in [0.4, 0.5) is 10.6 Å². The van der Waals surface area contributed by atoms with Gasteiger partial charge in [0.05, 0.1) is 12.9 Å². The van der Waals surface area contributed by atoms with Gasteiger partial charge in [-0.15, -0.1) is 0 Å². The summed E-state index contributed by atoms with van der Waals surface area (Å²) in [7, 11) is 0. The van der Waals surface area contributed by atoms with Crippen LogP contribution in [0, 0.1) is 0 Å². The van der Waals surface area contributed by atoms with Gasteiger partial charge in [0.15, 0.2) is 23.2 Å².